The number of alkyl halides is 3. The fourth-order valence-electron chi connectivity index (χ4n) is 7.87. The molecule has 4 fully saturated rings. The van der Waals surface area contributed by atoms with Crippen LogP contribution in [0, 0.1) is 17.8 Å². The minimum Gasteiger partial charge on any atom is -0.296 e. The zero-order valence-corrected chi connectivity index (χ0v) is 23.2. The van der Waals surface area contributed by atoms with Crippen molar-refractivity contribution in [3.05, 3.63) is 40.1 Å². The predicted molar refractivity (Wildman–Crippen MR) is 145 cm³/mol. The summed E-state index contributed by atoms with van der Waals surface area (Å²) in [4.78, 5) is 18.3. The summed E-state index contributed by atoms with van der Waals surface area (Å²) in [6.45, 7) is 4.24. The van der Waals surface area contributed by atoms with Gasteiger partial charge in [0.15, 0.2) is 0 Å². The number of hydrogen-bond acceptors (Lipinski definition) is 5. The molecule has 0 bridgehead atoms. The Kier molecular flexibility index (Phi) is 7.58. The Bertz CT molecular complexity index is 1220. The van der Waals surface area contributed by atoms with Crippen molar-refractivity contribution in [2.75, 3.05) is 20.3 Å². The van der Waals surface area contributed by atoms with Crippen LogP contribution in [0.25, 0.3) is 5.52 Å². The first-order valence-corrected chi connectivity index (χ1v) is 15.0. The van der Waals surface area contributed by atoms with Crippen LogP contribution in [0.4, 0.5) is 13.2 Å². The lowest BCUT2D eigenvalue weighted by atomic mass is 9.65. The highest BCUT2D eigenvalue weighted by Crippen LogP contribution is 2.47. The minimum absolute atomic E-state index is 0.0259. The van der Waals surface area contributed by atoms with Crippen molar-refractivity contribution in [1.82, 2.24) is 29.6 Å². The number of hydrazine groups is 1. The van der Waals surface area contributed by atoms with E-state index in [1.54, 1.807) is 10.8 Å². The minimum atomic E-state index is -4.52. The van der Waals surface area contributed by atoms with E-state index in [0.717, 1.165) is 58.2 Å². The summed E-state index contributed by atoms with van der Waals surface area (Å²) in [5.41, 5.74) is 6.24. The van der Waals surface area contributed by atoms with Gasteiger partial charge in [0.1, 0.15) is 0 Å². The van der Waals surface area contributed by atoms with E-state index < -0.39 is 11.7 Å². The average Bonchev–Trinajstić information content (AvgIpc) is 3.44. The van der Waals surface area contributed by atoms with Crippen LogP contribution < -0.4 is 16.5 Å². The van der Waals surface area contributed by atoms with E-state index in [2.05, 4.69) is 34.6 Å². The number of likely N-dealkylation sites (tertiary alicyclic amines) is 1. The third-order valence-electron chi connectivity index (χ3n) is 10.2. The summed E-state index contributed by atoms with van der Waals surface area (Å²) >= 11 is 0. The van der Waals surface area contributed by atoms with E-state index >= 15 is 0 Å². The number of nitrogens with one attached hydrogen (secondary N) is 2. The van der Waals surface area contributed by atoms with Crippen molar-refractivity contribution in [3.8, 4) is 0 Å². The van der Waals surface area contributed by atoms with Gasteiger partial charge in [-0.3, -0.25) is 18.8 Å². The normalized spacial score (nSPS) is 30.6. The number of rotatable bonds is 6. The van der Waals surface area contributed by atoms with Crippen LogP contribution >= 0.6 is 0 Å². The van der Waals surface area contributed by atoms with E-state index in [9.17, 15) is 18.0 Å². The van der Waals surface area contributed by atoms with Crippen molar-refractivity contribution in [2.45, 2.75) is 102 Å². The van der Waals surface area contributed by atoms with Gasteiger partial charge in [0.05, 0.1) is 23.9 Å². The highest BCUT2D eigenvalue weighted by molar-refractivity contribution is 5.56. The van der Waals surface area contributed by atoms with Gasteiger partial charge >= 0.3 is 11.9 Å². The maximum Gasteiger partial charge on any atom is 0.418 e. The zero-order valence-electron chi connectivity index (χ0n) is 23.2. The molecule has 4 heterocycles. The van der Waals surface area contributed by atoms with Crippen molar-refractivity contribution < 1.29 is 13.2 Å². The quantitative estimate of drug-likeness (QED) is 0.534. The van der Waals surface area contributed by atoms with Crippen molar-refractivity contribution in [3.63, 3.8) is 0 Å². The van der Waals surface area contributed by atoms with Gasteiger partial charge < -0.3 is 0 Å². The van der Waals surface area contributed by atoms with Crippen molar-refractivity contribution in [1.29, 1.82) is 0 Å². The molecule has 5 atom stereocenters. The largest absolute Gasteiger partial charge is 0.418 e. The summed E-state index contributed by atoms with van der Waals surface area (Å²) < 4.78 is 45.8. The van der Waals surface area contributed by atoms with Gasteiger partial charge in [-0.15, -0.1) is 0 Å². The molecule has 2 aromatic heterocycles. The van der Waals surface area contributed by atoms with Gasteiger partial charge in [0, 0.05) is 31.0 Å². The van der Waals surface area contributed by atoms with Crippen LogP contribution in [0.15, 0.2) is 23.3 Å². The van der Waals surface area contributed by atoms with Gasteiger partial charge in [0.2, 0.25) is 0 Å². The molecule has 0 amide bonds. The Morgan fingerprint density at radius 2 is 1.79 bits per heavy atom. The number of nitrogens with zero attached hydrogens (tertiary/aromatic N) is 4. The van der Waals surface area contributed by atoms with E-state index in [1.807, 2.05) is 0 Å². The molecule has 0 radical (unpaired) electrons. The highest BCUT2D eigenvalue weighted by Gasteiger charge is 2.44. The van der Waals surface area contributed by atoms with Gasteiger partial charge in [0.25, 0.3) is 0 Å². The number of fused-ring (bicyclic) bond motifs is 1. The SMILES string of the molecule is C[C@@H]1CCCCN1Cc1cc(C(F)(F)F)c2cn(C3CCCC([C@@H](C4CCC4)C4NNCN4C)C3)c(=O)n2c1. The third kappa shape index (κ3) is 5.29. The molecule has 2 N–H and O–H groups in total. The molecule has 6 rings (SSSR count). The van der Waals surface area contributed by atoms with Crippen LogP contribution in [-0.4, -0.2) is 51.2 Å². The number of imidazole rings is 1. The molecule has 0 aromatic carbocycles. The molecule has 2 saturated heterocycles. The monoisotopic (exact) mass is 548 g/mol. The van der Waals surface area contributed by atoms with Gasteiger partial charge in [-0.05, 0) is 82.0 Å². The third-order valence-corrected chi connectivity index (χ3v) is 10.2. The van der Waals surface area contributed by atoms with E-state index in [4.69, 9.17) is 0 Å². The average molecular weight is 549 g/mol. The fraction of sp³-hybridized carbons (Fsp3) is 0.759. The molecule has 0 spiro atoms. The lowest BCUT2D eigenvalue weighted by Crippen LogP contribution is -2.50. The first-order valence-electron chi connectivity index (χ1n) is 15.0. The molecule has 4 aliphatic rings. The van der Waals surface area contributed by atoms with Gasteiger partial charge in [-0.2, -0.15) is 13.2 Å². The van der Waals surface area contributed by atoms with Crippen molar-refractivity contribution >= 4 is 5.52 Å². The standard InChI is InChI=1S/C29H43F3N6O/c1-19-7-3-4-12-36(19)15-20-13-24(29(30,31)32)25-17-37(28(39)38(25)16-20)23-11-6-10-22(14-23)26(21-8-5-9-21)27-34-33-18-35(27)2/h13,16-17,19,21-23,26-27,33-34H,3-12,14-15,18H2,1-2H3/t19-,22?,23?,26-,27?/m1/s1. The van der Waals surface area contributed by atoms with Crippen LogP contribution in [0.2, 0.25) is 0 Å². The van der Waals surface area contributed by atoms with Crippen LogP contribution in [0.5, 0.6) is 0 Å². The zero-order chi connectivity index (χ0) is 27.3. The molecule has 7 nitrogen and oxygen atoms in total. The van der Waals surface area contributed by atoms with Gasteiger partial charge in [-0.1, -0.05) is 32.1 Å². The Morgan fingerprint density at radius 1 is 1.03 bits per heavy atom. The molecule has 2 aliphatic heterocycles. The summed E-state index contributed by atoms with van der Waals surface area (Å²) in [6.07, 6.45) is 9.65. The molecular weight excluding hydrogens is 505 g/mol. The Morgan fingerprint density at radius 3 is 2.46 bits per heavy atom. The second-order valence-corrected chi connectivity index (χ2v) is 12.7. The molecule has 2 saturated carbocycles. The molecule has 39 heavy (non-hydrogen) atoms. The first kappa shape index (κ1) is 27.3. The van der Waals surface area contributed by atoms with E-state index in [-0.39, 0.29) is 23.4 Å². The molecule has 10 heteroatoms. The lowest BCUT2D eigenvalue weighted by Gasteiger charge is -2.46. The fourth-order valence-corrected chi connectivity index (χ4v) is 7.87. The lowest BCUT2D eigenvalue weighted by molar-refractivity contribution is -0.136. The second kappa shape index (κ2) is 10.8. The predicted octanol–water partition coefficient (Wildman–Crippen LogP) is 4.97. The maximum absolute atomic E-state index is 14.3. The summed E-state index contributed by atoms with van der Waals surface area (Å²) in [6, 6.07) is 1.52. The molecule has 2 aromatic rings. The van der Waals surface area contributed by atoms with Crippen molar-refractivity contribution in [2.24, 2.45) is 17.8 Å². The number of hydrogen-bond donors (Lipinski definition) is 2. The Balaban J connectivity index is 1.31. The second-order valence-electron chi connectivity index (χ2n) is 12.7. The molecular formula is C29H43F3N6O. The Hall–Kier alpha value is -1.88. The number of halogens is 3. The summed E-state index contributed by atoms with van der Waals surface area (Å²) in [7, 11) is 2.13. The molecule has 2 aliphatic carbocycles. The number of piperidine rings is 1. The molecule has 216 valence electrons. The number of aromatic nitrogens is 2. The van der Waals surface area contributed by atoms with E-state index in [0.29, 0.717) is 35.9 Å². The number of pyridine rings is 1. The van der Waals surface area contributed by atoms with Crippen LogP contribution in [0.1, 0.15) is 88.3 Å². The van der Waals surface area contributed by atoms with Crippen LogP contribution in [0.3, 0.4) is 0 Å². The Labute approximate surface area is 228 Å². The highest BCUT2D eigenvalue weighted by atomic mass is 19.4. The summed E-state index contributed by atoms with van der Waals surface area (Å²) in [5.74, 6) is 1.57. The first-order chi connectivity index (χ1) is 18.7. The molecule has 3 unspecified atom stereocenters. The van der Waals surface area contributed by atoms with E-state index in [1.165, 1.54) is 35.9 Å². The van der Waals surface area contributed by atoms with Crippen LogP contribution in [-0.2, 0) is 12.7 Å². The smallest absolute Gasteiger partial charge is 0.296 e. The summed E-state index contributed by atoms with van der Waals surface area (Å²) in [5, 5.41) is 0. The topological polar surface area (TPSA) is 57.0 Å². The van der Waals surface area contributed by atoms with Gasteiger partial charge in [-0.25, -0.2) is 15.6 Å². The maximum atomic E-state index is 14.3.